The summed E-state index contributed by atoms with van der Waals surface area (Å²) >= 11 is 5.32. The summed E-state index contributed by atoms with van der Waals surface area (Å²) in [5.74, 6) is 0. The molecule has 0 aliphatic carbocycles. The van der Waals surface area contributed by atoms with Gasteiger partial charge in [0.15, 0.2) is 0 Å². The molecule has 1 aromatic rings. The van der Waals surface area contributed by atoms with E-state index in [1.807, 2.05) is 11.3 Å². The van der Waals surface area contributed by atoms with Gasteiger partial charge in [-0.1, -0.05) is 0 Å². The fourth-order valence-corrected chi connectivity index (χ4v) is 3.71. The minimum absolute atomic E-state index is 0.506. The van der Waals surface area contributed by atoms with E-state index >= 15 is 0 Å². The molecule has 0 amide bonds. The van der Waals surface area contributed by atoms with Gasteiger partial charge in [-0.2, -0.15) is 0 Å². The van der Waals surface area contributed by atoms with Gasteiger partial charge in [-0.05, 0) is 42.4 Å². The van der Waals surface area contributed by atoms with E-state index in [-0.39, 0.29) is 0 Å². The normalized spacial score (nSPS) is 22.3. The molecule has 1 N–H and O–H groups in total. The average molecular weight is 333 g/mol. The van der Waals surface area contributed by atoms with Crippen molar-refractivity contribution in [1.82, 2.24) is 10.2 Å². The molecule has 2 atom stereocenters. The quantitative estimate of drug-likeness (QED) is 0.897. The molecule has 0 aromatic carbocycles. The third-order valence-electron chi connectivity index (χ3n) is 3.40. The first-order valence-electron chi connectivity index (χ1n) is 6.39. The van der Waals surface area contributed by atoms with Crippen LogP contribution >= 0.6 is 27.3 Å². The highest BCUT2D eigenvalue weighted by Gasteiger charge is 2.19. The van der Waals surface area contributed by atoms with Crippen LogP contribution in [0.5, 0.6) is 0 Å². The highest BCUT2D eigenvalue weighted by Crippen LogP contribution is 2.22. The lowest BCUT2D eigenvalue weighted by atomic mass is 10.1. The van der Waals surface area contributed by atoms with Crippen LogP contribution in [0.15, 0.2) is 15.9 Å². The van der Waals surface area contributed by atoms with Gasteiger partial charge in [-0.3, -0.25) is 4.90 Å². The molecule has 1 saturated heterocycles. The summed E-state index contributed by atoms with van der Waals surface area (Å²) in [6.07, 6.45) is 1.14. The van der Waals surface area contributed by atoms with Gasteiger partial charge in [-0.15, -0.1) is 11.3 Å². The third-order valence-corrected chi connectivity index (χ3v) is 5.09. The average Bonchev–Trinajstić information content (AvgIpc) is 2.76. The predicted octanol–water partition coefficient (Wildman–Crippen LogP) is 2.71. The van der Waals surface area contributed by atoms with Crippen LogP contribution in [0, 0.1) is 0 Å². The van der Waals surface area contributed by atoms with Crippen LogP contribution in [0.1, 0.15) is 18.2 Å². The second-order valence-electron chi connectivity index (χ2n) is 4.96. The van der Waals surface area contributed by atoms with Crippen LogP contribution in [0.4, 0.5) is 0 Å². The number of halogens is 1. The Hall–Kier alpha value is 0.0600. The van der Waals surface area contributed by atoms with Crippen LogP contribution in [0.25, 0.3) is 0 Å². The van der Waals surface area contributed by atoms with Crippen LogP contribution in [-0.4, -0.2) is 43.8 Å². The molecule has 2 heterocycles. The Kier molecular flexibility index (Phi) is 5.63. The van der Waals surface area contributed by atoms with Crippen LogP contribution < -0.4 is 5.32 Å². The maximum Gasteiger partial charge on any atom is 0.0620 e. The summed E-state index contributed by atoms with van der Waals surface area (Å²) in [6.45, 7) is 6.00. The number of nitrogens with zero attached hydrogens (tertiary/aromatic N) is 1. The highest BCUT2D eigenvalue weighted by molar-refractivity contribution is 9.10. The lowest BCUT2D eigenvalue weighted by Gasteiger charge is -2.30. The monoisotopic (exact) mass is 332 g/mol. The van der Waals surface area contributed by atoms with Gasteiger partial charge in [-0.25, -0.2) is 0 Å². The predicted molar refractivity (Wildman–Crippen MR) is 80.2 cm³/mol. The first kappa shape index (κ1) is 14.5. The largest absolute Gasteiger partial charge is 0.379 e. The number of ether oxygens (including phenoxy) is 1. The molecular formula is C13H21BrN2OS. The number of morpholine rings is 1. The Morgan fingerprint density at radius 2 is 2.50 bits per heavy atom. The van der Waals surface area contributed by atoms with Gasteiger partial charge in [0.2, 0.25) is 0 Å². The van der Waals surface area contributed by atoms with Gasteiger partial charge in [0.1, 0.15) is 0 Å². The number of hydrogen-bond donors (Lipinski definition) is 1. The molecule has 18 heavy (non-hydrogen) atoms. The van der Waals surface area contributed by atoms with Crippen molar-refractivity contribution in [3.63, 3.8) is 0 Å². The van der Waals surface area contributed by atoms with Crippen molar-refractivity contribution in [3.8, 4) is 0 Å². The molecule has 1 fully saturated rings. The number of nitrogens with one attached hydrogen (secondary N) is 1. The van der Waals surface area contributed by atoms with E-state index in [1.54, 1.807) is 0 Å². The minimum Gasteiger partial charge on any atom is -0.379 e. The summed E-state index contributed by atoms with van der Waals surface area (Å²) in [4.78, 5) is 3.82. The Morgan fingerprint density at radius 3 is 3.11 bits per heavy atom. The van der Waals surface area contributed by atoms with Crippen molar-refractivity contribution in [2.24, 2.45) is 0 Å². The number of thiophene rings is 1. The zero-order chi connectivity index (χ0) is 13.0. The number of hydrogen-bond acceptors (Lipinski definition) is 4. The summed E-state index contributed by atoms with van der Waals surface area (Å²) in [6, 6.07) is 3.27. The topological polar surface area (TPSA) is 24.5 Å². The maximum absolute atomic E-state index is 5.50. The summed E-state index contributed by atoms with van der Waals surface area (Å²) < 4.78 is 6.69. The molecule has 0 spiro atoms. The van der Waals surface area contributed by atoms with Crippen molar-refractivity contribution in [2.75, 3.05) is 26.8 Å². The molecule has 1 aliphatic rings. The fourth-order valence-electron chi connectivity index (χ4n) is 2.20. The number of rotatable bonds is 5. The van der Waals surface area contributed by atoms with Crippen molar-refractivity contribution in [3.05, 3.63) is 20.8 Å². The summed E-state index contributed by atoms with van der Waals surface area (Å²) in [5, 5.41) is 5.66. The molecule has 2 unspecified atom stereocenters. The molecule has 0 radical (unpaired) electrons. The highest BCUT2D eigenvalue weighted by atomic mass is 79.9. The summed E-state index contributed by atoms with van der Waals surface area (Å²) in [7, 11) is 2.20. The molecule has 5 heteroatoms. The lowest BCUT2D eigenvalue weighted by molar-refractivity contribution is 0.0639. The molecule has 1 aromatic heterocycles. The Bertz CT molecular complexity index is 366. The fraction of sp³-hybridized carbons (Fsp3) is 0.692. The molecule has 1 aliphatic heterocycles. The maximum atomic E-state index is 5.50. The first-order chi connectivity index (χ1) is 8.65. The van der Waals surface area contributed by atoms with Crippen LogP contribution in [-0.2, 0) is 11.3 Å². The van der Waals surface area contributed by atoms with Gasteiger partial charge in [0.25, 0.3) is 0 Å². The first-order valence-corrected chi connectivity index (χ1v) is 8.06. The van der Waals surface area contributed by atoms with Crippen molar-refractivity contribution < 1.29 is 4.74 Å². The van der Waals surface area contributed by atoms with E-state index in [4.69, 9.17) is 4.74 Å². The zero-order valence-corrected chi connectivity index (χ0v) is 13.4. The lowest BCUT2D eigenvalue weighted by Crippen LogP contribution is -2.45. The molecule has 102 valence electrons. The molecule has 0 saturated carbocycles. The minimum atomic E-state index is 0.506. The molecule has 2 rings (SSSR count). The van der Waals surface area contributed by atoms with E-state index in [0.717, 1.165) is 32.7 Å². The Morgan fingerprint density at radius 1 is 1.67 bits per heavy atom. The van der Waals surface area contributed by atoms with Gasteiger partial charge in [0, 0.05) is 39.9 Å². The Balaban J connectivity index is 1.78. The van der Waals surface area contributed by atoms with Crippen molar-refractivity contribution >= 4 is 27.3 Å². The molecule has 3 nitrogen and oxygen atoms in total. The standard InChI is InChI=1S/C13H21BrN2OS/c1-10(5-12-8-17-4-3-15-12)16(2)7-13-6-11(14)9-18-13/h6,9-10,12,15H,3-5,7-8H2,1-2H3. The van der Waals surface area contributed by atoms with Crippen LogP contribution in [0.2, 0.25) is 0 Å². The molecule has 0 bridgehead atoms. The van der Waals surface area contributed by atoms with E-state index < -0.39 is 0 Å². The SMILES string of the molecule is CC(CC1COCCN1)N(C)Cc1cc(Br)cs1. The molecular weight excluding hydrogens is 312 g/mol. The smallest absolute Gasteiger partial charge is 0.0620 e. The van der Waals surface area contributed by atoms with Gasteiger partial charge < -0.3 is 10.1 Å². The zero-order valence-electron chi connectivity index (χ0n) is 11.0. The van der Waals surface area contributed by atoms with Crippen molar-refractivity contribution in [2.45, 2.75) is 32.0 Å². The Labute approximate surface area is 122 Å². The van der Waals surface area contributed by atoms with E-state index in [2.05, 4.69) is 51.6 Å². The van der Waals surface area contributed by atoms with E-state index in [0.29, 0.717) is 12.1 Å². The van der Waals surface area contributed by atoms with Crippen LogP contribution in [0.3, 0.4) is 0 Å². The van der Waals surface area contributed by atoms with Gasteiger partial charge in [0.05, 0.1) is 13.2 Å². The van der Waals surface area contributed by atoms with E-state index in [1.165, 1.54) is 9.35 Å². The summed E-state index contributed by atoms with van der Waals surface area (Å²) in [5.41, 5.74) is 0. The van der Waals surface area contributed by atoms with Gasteiger partial charge >= 0.3 is 0 Å². The van der Waals surface area contributed by atoms with E-state index in [9.17, 15) is 0 Å². The second kappa shape index (κ2) is 7.01. The third kappa shape index (κ3) is 4.31. The second-order valence-corrected chi connectivity index (χ2v) is 6.87. The van der Waals surface area contributed by atoms with Crippen molar-refractivity contribution in [1.29, 1.82) is 0 Å².